The molecule has 4 rings (SSSR count). The van der Waals surface area contributed by atoms with Gasteiger partial charge in [0.25, 0.3) is 0 Å². The van der Waals surface area contributed by atoms with E-state index >= 15 is 0 Å². The Hall–Kier alpha value is -2.48. The first-order valence-corrected chi connectivity index (χ1v) is 13.3. The van der Waals surface area contributed by atoms with Gasteiger partial charge in [0.1, 0.15) is 18.0 Å². The minimum atomic E-state index is -4.10. The molecule has 13 heteroatoms. The van der Waals surface area contributed by atoms with Crippen LogP contribution in [0.1, 0.15) is 39.2 Å². The van der Waals surface area contributed by atoms with E-state index in [0.29, 0.717) is 30.0 Å². The normalized spacial score (nSPS) is 20.2. The topological polar surface area (TPSA) is 144 Å². The van der Waals surface area contributed by atoms with Gasteiger partial charge in [0.2, 0.25) is 5.78 Å². The van der Waals surface area contributed by atoms with Crippen molar-refractivity contribution in [2.75, 3.05) is 11.9 Å². The van der Waals surface area contributed by atoms with Crippen molar-refractivity contribution in [3.05, 3.63) is 74.6 Å². The maximum atomic E-state index is 13.4. The number of nitrogens with two attached hydrogens (primary N) is 1. The molecule has 1 fully saturated rings. The van der Waals surface area contributed by atoms with E-state index in [-0.39, 0.29) is 29.0 Å². The van der Waals surface area contributed by atoms with Crippen LogP contribution in [0.2, 0.25) is 5.02 Å². The number of anilines is 1. The molecule has 0 bridgehead atoms. The number of nitrogens with one attached hydrogen (secondary N) is 1. The number of hydrogen-bond donors (Lipinski definition) is 3. The van der Waals surface area contributed by atoms with Crippen LogP contribution in [0.15, 0.2) is 42.2 Å². The van der Waals surface area contributed by atoms with E-state index in [1.807, 2.05) is 5.38 Å². The van der Waals surface area contributed by atoms with Gasteiger partial charge in [-0.15, -0.1) is 11.3 Å². The predicted molar refractivity (Wildman–Crippen MR) is 129 cm³/mol. The molecule has 0 spiro atoms. The van der Waals surface area contributed by atoms with Crippen LogP contribution in [-0.4, -0.2) is 48.0 Å². The maximum Gasteiger partial charge on any atom is 0.333 e. The Morgan fingerprint density at radius 2 is 2.11 bits per heavy atom. The van der Waals surface area contributed by atoms with Gasteiger partial charge in [0, 0.05) is 18.2 Å². The highest BCUT2D eigenvalue weighted by molar-refractivity contribution is 7.84. The molecule has 1 aliphatic rings. The molecule has 2 heterocycles. The third kappa shape index (κ3) is 6.60. The number of aliphatic hydroxyl groups excluding tert-OH is 1. The number of rotatable bonds is 9. The van der Waals surface area contributed by atoms with Crippen LogP contribution in [0.5, 0.6) is 0 Å². The van der Waals surface area contributed by atoms with Crippen LogP contribution in [0.4, 0.5) is 10.2 Å². The van der Waals surface area contributed by atoms with Gasteiger partial charge in [-0.3, -0.25) is 8.98 Å². The Balaban J connectivity index is 1.44. The van der Waals surface area contributed by atoms with Crippen molar-refractivity contribution in [1.29, 1.82) is 0 Å². The lowest BCUT2D eigenvalue weighted by Crippen LogP contribution is -2.24. The van der Waals surface area contributed by atoms with E-state index < -0.39 is 28.1 Å². The number of thiophene rings is 1. The molecule has 0 unspecified atom stereocenters. The molecule has 2 aromatic heterocycles. The summed E-state index contributed by atoms with van der Waals surface area (Å²) >= 11 is 7.13. The third-order valence-electron chi connectivity index (χ3n) is 5.67. The molecule has 3 aromatic rings. The van der Waals surface area contributed by atoms with Gasteiger partial charge in [-0.25, -0.2) is 19.5 Å². The van der Waals surface area contributed by atoms with E-state index in [0.717, 1.165) is 11.1 Å². The maximum absolute atomic E-state index is 13.4. The first-order chi connectivity index (χ1) is 16.6. The number of carbonyl (C=O) groups excluding carboxylic acids is 1. The predicted octanol–water partition coefficient (Wildman–Crippen LogP) is 2.92. The molecule has 0 saturated heterocycles. The van der Waals surface area contributed by atoms with Crippen molar-refractivity contribution < 1.29 is 26.9 Å². The molecule has 0 aliphatic heterocycles. The molecule has 9 nitrogen and oxygen atoms in total. The SMILES string of the molecule is NS(=O)(=O)OC[C@H]1C[C@@H](Nc2ncncc2C(=O)c2cc(Cc3ccc(F)c(Cl)c3)cs2)C[C@@H]1O. The number of carbonyl (C=O) groups is 1. The number of hydrogen-bond acceptors (Lipinski definition) is 9. The summed E-state index contributed by atoms with van der Waals surface area (Å²) in [5.41, 5.74) is 1.97. The monoisotopic (exact) mass is 540 g/mol. The molecule has 1 aliphatic carbocycles. The van der Waals surface area contributed by atoms with Crippen LogP contribution >= 0.6 is 22.9 Å². The highest BCUT2D eigenvalue weighted by atomic mass is 35.5. The average molecular weight is 541 g/mol. The number of halogens is 2. The second-order valence-corrected chi connectivity index (χ2v) is 10.8. The highest BCUT2D eigenvalue weighted by Gasteiger charge is 2.34. The number of benzene rings is 1. The Morgan fingerprint density at radius 1 is 1.31 bits per heavy atom. The summed E-state index contributed by atoms with van der Waals surface area (Å²) in [6.45, 7) is -0.231. The lowest BCUT2D eigenvalue weighted by atomic mass is 10.1. The summed E-state index contributed by atoms with van der Waals surface area (Å²) in [6.07, 6.45) is 3.14. The van der Waals surface area contributed by atoms with Gasteiger partial charge in [0.15, 0.2) is 0 Å². The fourth-order valence-electron chi connectivity index (χ4n) is 3.99. The summed E-state index contributed by atoms with van der Waals surface area (Å²) in [7, 11) is -4.10. The zero-order valence-corrected chi connectivity index (χ0v) is 20.6. The first-order valence-electron chi connectivity index (χ1n) is 10.6. The summed E-state index contributed by atoms with van der Waals surface area (Å²) < 4.78 is 40.1. The largest absolute Gasteiger partial charge is 0.393 e. The number of ketones is 1. The quantitative estimate of drug-likeness (QED) is 0.351. The van der Waals surface area contributed by atoms with Crippen LogP contribution in [0.25, 0.3) is 0 Å². The highest BCUT2D eigenvalue weighted by Crippen LogP contribution is 2.30. The van der Waals surface area contributed by atoms with Crippen LogP contribution < -0.4 is 10.5 Å². The van der Waals surface area contributed by atoms with Crippen molar-refractivity contribution in [1.82, 2.24) is 9.97 Å². The van der Waals surface area contributed by atoms with Crippen molar-refractivity contribution in [3.63, 3.8) is 0 Å². The minimum absolute atomic E-state index is 0.0432. The van der Waals surface area contributed by atoms with Gasteiger partial charge in [-0.1, -0.05) is 17.7 Å². The van der Waals surface area contributed by atoms with E-state index in [9.17, 15) is 22.7 Å². The van der Waals surface area contributed by atoms with Gasteiger partial charge in [0.05, 0.1) is 28.2 Å². The second kappa shape index (κ2) is 10.6. The van der Waals surface area contributed by atoms with Gasteiger partial charge < -0.3 is 10.4 Å². The molecule has 35 heavy (non-hydrogen) atoms. The molecule has 0 amide bonds. The van der Waals surface area contributed by atoms with Crippen molar-refractivity contribution in [2.45, 2.75) is 31.4 Å². The minimum Gasteiger partial charge on any atom is -0.393 e. The number of aliphatic hydroxyl groups is 1. The number of nitrogens with zero attached hydrogens (tertiary/aromatic N) is 2. The molecular weight excluding hydrogens is 519 g/mol. The summed E-state index contributed by atoms with van der Waals surface area (Å²) in [6, 6.07) is 6.01. The lowest BCUT2D eigenvalue weighted by molar-refractivity contribution is 0.101. The van der Waals surface area contributed by atoms with Gasteiger partial charge in [-0.2, -0.15) is 8.42 Å². The fourth-order valence-corrected chi connectivity index (χ4v) is 5.43. The van der Waals surface area contributed by atoms with E-state index in [2.05, 4.69) is 19.5 Å². The average Bonchev–Trinajstić information content (AvgIpc) is 3.40. The molecule has 3 atom stereocenters. The van der Waals surface area contributed by atoms with Crippen molar-refractivity contribution in [3.8, 4) is 0 Å². The van der Waals surface area contributed by atoms with E-state index in [4.69, 9.17) is 16.7 Å². The fraction of sp³-hybridized carbons (Fsp3) is 0.318. The van der Waals surface area contributed by atoms with Crippen molar-refractivity contribution >= 4 is 44.8 Å². The Kier molecular flexibility index (Phi) is 7.79. The molecule has 4 N–H and O–H groups in total. The van der Waals surface area contributed by atoms with E-state index in [1.165, 1.54) is 29.9 Å². The Bertz CT molecular complexity index is 1340. The third-order valence-corrected chi connectivity index (χ3v) is 7.40. The van der Waals surface area contributed by atoms with Crippen molar-refractivity contribution in [2.24, 2.45) is 11.1 Å². The molecule has 186 valence electrons. The molecule has 1 saturated carbocycles. The summed E-state index contributed by atoms with van der Waals surface area (Å²) in [5.74, 6) is -0.880. The second-order valence-electron chi connectivity index (χ2n) is 8.28. The van der Waals surface area contributed by atoms with Gasteiger partial charge >= 0.3 is 10.3 Å². The molecular formula is C22H22ClFN4O5S2. The van der Waals surface area contributed by atoms with E-state index in [1.54, 1.807) is 18.2 Å². The van der Waals surface area contributed by atoms with Crippen LogP contribution in [0, 0.1) is 11.7 Å². The summed E-state index contributed by atoms with van der Waals surface area (Å²) in [5, 5.41) is 20.2. The molecule has 0 radical (unpaired) electrons. The smallest absolute Gasteiger partial charge is 0.333 e. The van der Waals surface area contributed by atoms with Crippen LogP contribution in [-0.2, 0) is 20.9 Å². The molecule has 1 aromatic carbocycles. The zero-order valence-electron chi connectivity index (χ0n) is 18.2. The zero-order chi connectivity index (χ0) is 25.2. The van der Waals surface area contributed by atoms with Gasteiger partial charge in [-0.05, 0) is 54.0 Å². The summed E-state index contributed by atoms with van der Waals surface area (Å²) in [4.78, 5) is 21.9. The Labute approximate surface area is 210 Å². The first kappa shape index (κ1) is 25.6. The standard InChI is InChI=1S/C22H22ClFN4O5S2/c23-17-4-12(1-2-18(17)24)3-13-5-20(34-10-13)21(30)16-8-26-11-27-22(16)28-15-6-14(19(29)7-15)9-33-35(25,31)32/h1-2,4-5,8,10-11,14-15,19,29H,3,6-7,9H2,(H2,25,31,32)(H,26,27,28)/t14-,15-,19+/m1/s1. The van der Waals surface area contributed by atoms with Crippen LogP contribution in [0.3, 0.4) is 0 Å². The number of aromatic nitrogens is 2. The lowest BCUT2D eigenvalue weighted by Gasteiger charge is -2.15. The Morgan fingerprint density at radius 3 is 2.86 bits per heavy atom.